The number of rotatable bonds is 8. The summed E-state index contributed by atoms with van der Waals surface area (Å²) in [7, 11) is -4.03. The van der Waals surface area contributed by atoms with Crippen molar-refractivity contribution in [1.82, 2.24) is 4.72 Å². The van der Waals surface area contributed by atoms with Crippen molar-refractivity contribution in [3.05, 3.63) is 59.9 Å². The molecule has 0 atom stereocenters. The SMILES string of the molecule is O=C(O)C1(NS(=O)(=O)c2ccc(OCCc3ccc(F)cc3)cc2)CCOCC1. The van der Waals surface area contributed by atoms with Crippen LogP contribution in [-0.2, 0) is 26.0 Å². The van der Waals surface area contributed by atoms with Gasteiger partial charge in [0, 0.05) is 32.5 Å². The third-order valence-electron chi connectivity index (χ3n) is 4.79. The molecule has 0 bridgehead atoms. The summed E-state index contributed by atoms with van der Waals surface area (Å²) in [6, 6.07) is 11.9. The highest BCUT2D eigenvalue weighted by Gasteiger charge is 2.43. The molecule has 3 rings (SSSR count). The Morgan fingerprint density at radius 2 is 1.72 bits per heavy atom. The summed E-state index contributed by atoms with van der Waals surface area (Å²) >= 11 is 0. The Kier molecular flexibility index (Phi) is 6.51. The number of hydrogen-bond acceptors (Lipinski definition) is 5. The summed E-state index contributed by atoms with van der Waals surface area (Å²) in [4.78, 5) is 11.6. The molecule has 1 aliphatic rings. The molecular weight excluding hydrogens is 401 g/mol. The Morgan fingerprint density at radius 3 is 2.31 bits per heavy atom. The zero-order valence-electron chi connectivity index (χ0n) is 15.6. The normalized spacial score (nSPS) is 16.3. The number of carboxylic acids is 1. The lowest BCUT2D eigenvalue weighted by molar-refractivity contribution is -0.147. The fourth-order valence-corrected chi connectivity index (χ4v) is 4.47. The molecule has 0 spiro atoms. The summed E-state index contributed by atoms with van der Waals surface area (Å²) in [5.41, 5.74) is -0.647. The van der Waals surface area contributed by atoms with Crippen molar-refractivity contribution in [2.45, 2.75) is 29.7 Å². The van der Waals surface area contributed by atoms with E-state index in [1.807, 2.05) is 0 Å². The van der Waals surface area contributed by atoms with Gasteiger partial charge in [0.15, 0.2) is 0 Å². The van der Waals surface area contributed by atoms with Gasteiger partial charge < -0.3 is 14.6 Å². The van der Waals surface area contributed by atoms with Crippen molar-refractivity contribution in [1.29, 1.82) is 0 Å². The monoisotopic (exact) mass is 423 g/mol. The van der Waals surface area contributed by atoms with Crippen molar-refractivity contribution in [2.75, 3.05) is 19.8 Å². The van der Waals surface area contributed by atoms with Gasteiger partial charge in [0.25, 0.3) is 0 Å². The van der Waals surface area contributed by atoms with Gasteiger partial charge in [-0.15, -0.1) is 0 Å². The second-order valence-corrected chi connectivity index (χ2v) is 8.48. The van der Waals surface area contributed by atoms with Gasteiger partial charge >= 0.3 is 5.97 Å². The van der Waals surface area contributed by atoms with Gasteiger partial charge in [-0.25, -0.2) is 12.8 Å². The Hall–Kier alpha value is -2.49. The van der Waals surface area contributed by atoms with E-state index in [0.717, 1.165) is 5.56 Å². The van der Waals surface area contributed by atoms with Gasteiger partial charge in [0.1, 0.15) is 17.1 Å². The molecule has 0 unspecified atom stereocenters. The van der Waals surface area contributed by atoms with Crippen LogP contribution in [0.15, 0.2) is 53.4 Å². The van der Waals surface area contributed by atoms with E-state index in [2.05, 4.69) is 4.72 Å². The number of aliphatic carboxylic acids is 1. The van der Waals surface area contributed by atoms with Crippen LogP contribution in [0.3, 0.4) is 0 Å². The molecule has 1 heterocycles. The van der Waals surface area contributed by atoms with Gasteiger partial charge in [0.2, 0.25) is 10.0 Å². The summed E-state index contributed by atoms with van der Waals surface area (Å²) in [6.45, 7) is 0.698. The molecule has 1 aliphatic heterocycles. The van der Waals surface area contributed by atoms with Crippen LogP contribution in [0.5, 0.6) is 5.75 Å². The lowest BCUT2D eigenvalue weighted by atomic mass is 9.92. The smallest absolute Gasteiger partial charge is 0.325 e. The van der Waals surface area contributed by atoms with Crippen LogP contribution in [-0.4, -0.2) is 44.9 Å². The second-order valence-electron chi connectivity index (χ2n) is 6.80. The number of ether oxygens (including phenoxy) is 2. The molecule has 2 aromatic rings. The molecule has 7 nitrogen and oxygen atoms in total. The van der Waals surface area contributed by atoms with E-state index >= 15 is 0 Å². The van der Waals surface area contributed by atoms with E-state index in [1.54, 1.807) is 12.1 Å². The van der Waals surface area contributed by atoms with Crippen molar-refractivity contribution in [2.24, 2.45) is 0 Å². The first-order valence-corrected chi connectivity index (χ1v) is 10.6. The van der Waals surface area contributed by atoms with Crippen molar-refractivity contribution in [3.8, 4) is 5.75 Å². The van der Waals surface area contributed by atoms with E-state index in [4.69, 9.17) is 9.47 Å². The van der Waals surface area contributed by atoms with Crippen LogP contribution in [0.2, 0.25) is 0 Å². The van der Waals surface area contributed by atoms with E-state index in [1.165, 1.54) is 36.4 Å². The van der Waals surface area contributed by atoms with Gasteiger partial charge in [-0.1, -0.05) is 12.1 Å². The largest absolute Gasteiger partial charge is 0.493 e. The summed E-state index contributed by atoms with van der Waals surface area (Å²) < 4.78 is 51.3. The molecule has 0 aromatic heterocycles. The maximum absolute atomic E-state index is 12.9. The number of nitrogens with one attached hydrogen (secondary N) is 1. The highest BCUT2D eigenvalue weighted by Crippen LogP contribution is 2.25. The molecule has 2 aromatic carbocycles. The third kappa shape index (κ3) is 5.31. The number of sulfonamides is 1. The zero-order valence-corrected chi connectivity index (χ0v) is 16.5. The van der Waals surface area contributed by atoms with Crippen LogP contribution in [0.25, 0.3) is 0 Å². The Balaban J connectivity index is 1.62. The molecule has 156 valence electrons. The molecule has 0 aliphatic carbocycles. The molecule has 0 amide bonds. The van der Waals surface area contributed by atoms with Gasteiger partial charge in [-0.2, -0.15) is 4.72 Å². The Bertz CT molecular complexity index is 938. The summed E-state index contributed by atoms with van der Waals surface area (Å²) in [6.07, 6.45) is 0.698. The quantitative estimate of drug-likeness (QED) is 0.676. The predicted octanol–water partition coefficient (Wildman–Crippen LogP) is 2.36. The van der Waals surface area contributed by atoms with Gasteiger partial charge in [0.05, 0.1) is 11.5 Å². The van der Waals surface area contributed by atoms with Crippen LogP contribution in [0, 0.1) is 5.82 Å². The van der Waals surface area contributed by atoms with Crippen LogP contribution < -0.4 is 9.46 Å². The summed E-state index contributed by atoms with van der Waals surface area (Å²) in [5, 5.41) is 9.53. The van der Waals surface area contributed by atoms with Crippen molar-refractivity contribution in [3.63, 3.8) is 0 Å². The maximum Gasteiger partial charge on any atom is 0.325 e. The van der Waals surface area contributed by atoms with E-state index in [0.29, 0.717) is 18.8 Å². The minimum atomic E-state index is -4.03. The molecule has 29 heavy (non-hydrogen) atoms. The van der Waals surface area contributed by atoms with Gasteiger partial charge in [-0.05, 0) is 42.0 Å². The highest BCUT2D eigenvalue weighted by molar-refractivity contribution is 7.89. The van der Waals surface area contributed by atoms with E-state index in [9.17, 15) is 22.7 Å². The molecule has 0 saturated carbocycles. The first-order valence-electron chi connectivity index (χ1n) is 9.13. The van der Waals surface area contributed by atoms with Crippen LogP contribution >= 0.6 is 0 Å². The number of carbonyl (C=O) groups is 1. The fourth-order valence-electron chi connectivity index (χ4n) is 3.05. The maximum atomic E-state index is 12.9. The molecular formula is C20H22FNO6S. The average Bonchev–Trinajstić information content (AvgIpc) is 2.70. The second kappa shape index (κ2) is 8.89. The van der Waals surface area contributed by atoms with Crippen molar-refractivity contribution < 1.29 is 32.2 Å². The minimum Gasteiger partial charge on any atom is -0.493 e. The first kappa shape index (κ1) is 21.2. The summed E-state index contributed by atoms with van der Waals surface area (Å²) in [5.74, 6) is -1.04. The number of benzene rings is 2. The fraction of sp³-hybridized carbons (Fsp3) is 0.350. The Morgan fingerprint density at radius 1 is 1.10 bits per heavy atom. The lowest BCUT2D eigenvalue weighted by Gasteiger charge is -2.33. The standard InChI is InChI=1S/C20H22FNO6S/c21-16-3-1-15(2-4-16)9-12-28-17-5-7-18(8-6-17)29(25,26)22-20(19(23)24)10-13-27-14-11-20/h1-8,22H,9-14H2,(H,23,24). The highest BCUT2D eigenvalue weighted by atomic mass is 32.2. The van der Waals surface area contributed by atoms with Crippen LogP contribution in [0.1, 0.15) is 18.4 Å². The molecule has 9 heteroatoms. The van der Waals surface area contributed by atoms with E-state index < -0.39 is 21.5 Å². The third-order valence-corrected chi connectivity index (χ3v) is 6.34. The first-order chi connectivity index (χ1) is 13.8. The molecule has 1 saturated heterocycles. The average molecular weight is 423 g/mol. The topological polar surface area (TPSA) is 102 Å². The van der Waals surface area contributed by atoms with Crippen LogP contribution in [0.4, 0.5) is 4.39 Å². The minimum absolute atomic E-state index is 0.0458. The molecule has 2 N–H and O–H groups in total. The predicted molar refractivity (Wildman–Crippen MR) is 103 cm³/mol. The number of halogens is 1. The number of hydrogen-bond donors (Lipinski definition) is 2. The number of carboxylic acid groups (broad SMARTS) is 1. The Labute approximate surface area is 168 Å². The lowest BCUT2D eigenvalue weighted by Crippen LogP contribution is -2.57. The zero-order chi connectivity index (χ0) is 20.9. The van der Waals surface area contributed by atoms with Crippen molar-refractivity contribution >= 4 is 16.0 Å². The molecule has 0 radical (unpaired) electrons. The van der Waals surface area contributed by atoms with Gasteiger partial charge in [-0.3, -0.25) is 4.79 Å². The van der Waals surface area contributed by atoms with E-state index in [-0.39, 0.29) is 36.8 Å². The molecule has 1 fully saturated rings.